The van der Waals surface area contributed by atoms with Gasteiger partial charge in [0.25, 0.3) is 0 Å². The second kappa shape index (κ2) is 4.75. The molecule has 0 bridgehead atoms. The zero-order valence-corrected chi connectivity index (χ0v) is 8.10. The van der Waals surface area contributed by atoms with Gasteiger partial charge in [0.1, 0.15) is 6.29 Å². The predicted molar refractivity (Wildman–Crippen MR) is 52.3 cm³/mol. The van der Waals surface area contributed by atoms with Crippen molar-refractivity contribution >= 4 is 6.29 Å². The number of rotatable bonds is 4. The Morgan fingerprint density at radius 1 is 1.46 bits per heavy atom. The van der Waals surface area contributed by atoms with Crippen LogP contribution >= 0.6 is 0 Å². The van der Waals surface area contributed by atoms with E-state index in [9.17, 15) is 4.79 Å². The second-order valence-corrected chi connectivity index (χ2v) is 3.57. The summed E-state index contributed by atoms with van der Waals surface area (Å²) >= 11 is 0. The first kappa shape index (κ1) is 9.90. The first-order valence-corrected chi connectivity index (χ1v) is 4.59. The number of aldehydes is 1. The molecule has 0 saturated heterocycles. The van der Waals surface area contributed by atoms with Gasteiger partial charge in [0.15, 0.2) is 0 Å². The van der Waals surface area contributed by atoms with E-state index in [0.29, 0.717) is 5.92 Å². The molecule has 1 heterocycles. The highest BCUT2D eigenvalue weighted by atomic mass is 16.1. The van der Waals surface area contributed by atoms with Crippen molar-refractivity contribution in [2.45, 2.75) is 20.3 Å². The van der Waals surface area contributed by atoms with Gasteiger partial charge < -0.3 is 4.79 Å². The fraction of sp³-hybridized carbons (Fsp3) is 0.455. The van der Waals surface area contributed by atoms with Crippen LogP contribution in [0.25, 0.3) is 0 Å². The third-order valence-corrected chi connectivity index (χ3v) is 2.20. The quantitative estimate of drug-likeness (QED) is 0.659. The molecule has 0 aliphatic heterocycles. The number of hydrogen-bond acceptors (Lipinski definition) is 2. The van der Waals surface area contributed by atoms with E-state index in [-0.39, 0.29) is 5.92 Å². The Morgan fingerprint density at radius 3 is 2.69 bits per heavy atom. The molecule has 1 rings (SSSR count). The van der Waals surface area contributed by atoms with E-state index >= 15 is 0 Å². The minimum atomic E-state index is 0.0925. The lowest BCUT2D eigenvalue weighted by atomic mass is 9.92. The van der Waals surface area contributed by atoms with Crippen LogP contribution in [0.3, 0.4) is 0 Å². The molecule has 0 aliphatic rings. The Bertz CT molecular complexity index is 256. The fourth-order valence-corrected chi connectivity index (χ4v) is 1.20. The van der Waals surface area contributed by atoms with Gasteiger partial charge in [-0.2, -0.15) is 0 Å². The van der Waals surface area contributed by atoms with Crippen LogP contribution in [0.4, 0.5) is 0 Å². The molecule has 1 aromatic heterocycles. The van der Waals surface area contributed by atoms with Gasteiger partial charge in [-0.25, -0.2) is 0 Å². The van der Waals surface area contributed by atoms with Gasteiger partial charge >= 0.3 is 0 Å². The standard InChI is InChI=1S/C11H15NO/c1-9(2)10(8-13)7-11-5-3-4-6-12-11/h3-6,8-10H,7H2,1-2H3. The maximum Gasteiger partial charge on any atom is 0.123 e. The summed E-state index contributed by atoms with van der Waals surface area (Å²) in [7, 11) is 0. The smallest absolute Gasteiger partial charge is 0.123 e. The Kier molecular flexibility index (Phi) is 3.62. The van der Waals surface area contributed by atoms with Gasteiger partial charge in [-0.15, -0.1) is 0 Å². The lowest BCUT2D eigenvalue weighted by Gasteiger charge is -2.12. The first-order valence-electron chi connectivity index (χ1n) is 4.59. The number of pyridine rings is 1. The minimum Gasteiger partial charge on any atom is -0.303 e. The number of hydrogen-bond donors (Lipinski definition) is 0. The minimum absolute atomic E-state index is 0.0925. The average Bonchev–Trinajstić information content (AvgIpc) is 2.15. The van der Waals surface area contributed by atoms with E-state index in [1.807, 2.05) is 18.2 Å². The van der Waals surface area contributed by atoms with Crippen molar-refractivity contribution in [3.05, 3.63) is 30.1 Å². The maximum absolute atomic E-state index is 10.7. The largest absolute Gasteiger partial charge is 0.303 e. The summed E-state index contributed by atoms with van der Waals surface area (Å²) < 4.78 is 0. The van der Waals surface area contributed by atoms with Gasteiger partial charge in [-0.3, -0.25) is 4.98 Å². The van der Waals surface area contributed by atoms with Crippen LogP contribution in [0.2, 0.25) is 0 Å². The van der Waals surface area contributed by atoms with Gasteiger partial charge in [0.05, 0.1) is 0 Å². The lowest BCUT2D eigenvalue weighted by Crippen LogP contribution is -2.13. The molecule has 70 valence electrons. The Labute approximate surface area is 79.0 Å². The zero-order chi connectivity index (χ0) is 9.68. The molecule has 1 unspecified atom stereocenters. The molecule has 1 atom stereocenters. The van der Waals surface area contributed by atoms with Crippen LogP contribution in [0.15, 0.2) is 24.4 Å². The summed E-state index contributed by atoms with van der Waals surface area (Å²) in [4.78, 5) is 14.9. The van der Waals surface area contributed by atoms with Crippen LogP contribution in [0, 0.1) is 11.8 Å². The van der Waals surface area contributed by atoms with Crippen LogP contribution in [-0.4, -0.2) is 11.3 Å². The fourth-order valence-electron chi connectivity index (χ4n) is 1.20. The van der Waals surface area contributed by atoms with Gasteiger partial charge in [-0.05, 0) is 24.5 Å². The van der Waals surface area contributed by atoms with Gasteiger partial charge in [0.2, 0.25) is 0 Å². The second-order valence-electron chi connectivity index (χ2n) is 3.57. The van der Waals surface area contributed by atoms with E-state index < -0.39 is 0 Å². The van der Waals surface area contributed by atoms with Gasteiger partial charge in [-0.1, -0.05) is 19.9 Å². The first-order chi connectivity index (χ1) is 6.24. The third-order valence-electron chi connectivity index (χ3n) is 2.20. The summed E-state index contributed by atoms with van der Waals surface area (Å²) in [6.07, 6.45) is 3.54. The highest BCUT2D eigenvalue weighted by molar-refractivity contribution is 5.54. The summed E-state index contributed by atoms with van der Waals surface area (Å²) in [5, 5.41) is 0. The predicted octanol–water partition coefficient (Wildman–Crippen LogP) is 2.10. The van der Waals surface area contributed by atoms with Crippen LogP contribution in [0.1, 0.15) is 19.5 Å². The van der Waals surface area contributed by atoms with Crippen molar-refractivity contribution in [3.8, 4) is 0 Å². The summed E-state index contributed by atoms with van der Waals surface area (Å²) in [6, 6.07) is 5.79. The SMILES string of the molecule is CC(C)C(C=O)Cc1ccccn1. The maximum atomic E-state index is 10.7. The summed E-state index contributed by atoms with van der Waals surface area (Å²) in [6.45, 7) is 4.12. The molecule has 2 heteroatoms. The number of carbonyl (C=O) groups excluding carboxylic acids is 1. The van der Waals surface area contributed by atoms with Crippen molar-refractivity contribution in [3.63, 3.8) is 0 Å². The monoisotopic (exact) mass is 177 g/mol. The van der Waals surface area contributed by atoms with Crippen LogP contribution in [0.5, 0.6) is 0 Å². The molecule has 0 fully saturated rings. The molecular weight excluding hydrogens is 162 g/mol. The summed E-state index contributed by atoms with van der Waals surface area (Å²) in [5.41, 5.74) is 0.994. The van der Waals surface area contributed by atoms with Crippen molar-refractivity contribution in [1.82, 2.24) is 4.98 Å². The number of aromatic nitrogens is 1. The van der Waals surface area contributed by atoms with E-state index in [4.69, 9.17) is 0 Å². The molecule has 0 radical (unpaired) electrons. The Balaban J connectivity index is 2.62. The normalized spacial score (nSPS) is 12.8. The van der Waals surface area contributed by atoms with E-state index in [2.05, 4.69) is 18.8 Å². The van der Waals surface area contributed by atoms with Crippen LogP contribution in [-0.2, 0) is 11.2 Å². The molecule has 0 amide bonds. The summed E-state index contributed by atoms with van der Waals surface area (Å²) in [5.74, 6) is 0.481. The van der Waals surface area contributed by atoms with E-state index in [1.54, 1.807) is 6.20 Å². The molecule has 0 spiro atoms. The Morgan fingerprint density at radius 2 is 2.23 bits per heavy atom. The zero-order valence-electron chi connectivity index (χ0n) is 8.10. The van der Waals surface area contributed by atoms with Crippen molar-refractivity contribution < 1.29 is 4.79 Å². The van der Waals surface area contributed by atoms with E-state index in [0.717, 1.165) is 18.4 Å². The molecule has 2 nitrogen and oxygen atoms in total. The third kappa shape index (κ3) is 2.98. The molecule has 0 saturated carbocycles. The van der Waals surface area contributed by atoms with Crippen LogP contribution < -0.4 is 0 Å². The molecule has 0 aromatic carbocycles. The lowest BCUT2D eigenvalue weighted by molar-refractivity contribution is -0.112. The topological polar surface area (TPSA) is 30.0 Å². The van der Waals surface area contributed by atoms with Crippen molar-refractivity contribution in [2.24, 2.45) is 11.8 Å². The highest BCUT2D eigenvalue weighted by Crippen LogP contribution is 2.13. The highest BCUT2D eigenvalue weighted by Gasteiger charge is 2.12. The van der Waals surface area contributed by atoms with Crippen molar-refractivity contribution in [1.29, 1.82) is 0 Å². The van der Waals surface area contributed by atoms with E-state index in [1.165, 1.54) is 0 Å². The molecule has 0 aliphatic carbocycles. The number of carbonyl (C=O) groups is 1. The Hall–Kier alpha value is -1.18. The molecule has 1 aromatic rings. The van der Waals surface area contributed by atoms with Crippen molar-refractivity contribution in [2.75, 3.05) is 0 Å². The molecular formula is C11H15NO. The molecule has 13 heavy (non-hydrogen) atoms. The number of nitrogens with zero attached hydrogens (tertiary/aromatic N) is 1. The van der Waals surface area contributed by atoms with Gasteiger partial charge in [0, 0.05) is 17.8 Å². The average molecular weight is 177 g/mol. The molecule has 0 N–H and O–H groups in total.